The molecule has 0 spiro atoms. The van der Waals surface area contributed by atoms with Gasteiger partial charge in [0.05, 0.1) is 18.4 Å². The van der Waals surface area contributed by atoms with Crippen LogP contribution in [0.15, 0.2) is 53.1 Å². The summed E-state index contributed by atoms with van der Waals surface area (Å²) in [6, 6.07) is 14.6. The molecule has 1 heterocycles. The highest BCUT2D eigenvalue weighted by Gasteiger charge is 2.34. The van der Waals surface area contributed by atoms with Crippen molar-refractivity contribution >= 4 is 0 Å². The third-order valence-electron chi connectivity index (χ3n) is 4.04. The lowest BCUT2D eigenvalue weighted by atomic mass is 10.1. The lowest BCUT2D eigenvalue weighted by molar-refractivity contribution is 0.0788. The summed E-state index contributed by atoms with van der Waals surface area (Å²) in [5.41, 5.74) is 0.977. The van der Waals surface area contributed by atoms with Gasteiger partial charge < -0.3 is 9.52 Å². The number of benzene rings is 1. The molecule has 20 heavy (non-hydrogen) atoms. The van der Waals surface area contributed by atoms with Crippen molar-refractivity contribution in [1.29, 1.82) is 0 Å². The second-order valence-corrected chi connectivity index (χ2v) is 5.55. The Labute approximate surface area is 119 Å². The molecule has 3 heteroatoms. The van der Waals surface area contributed by atoms with Crippen LogP contribution < -0.4 is 0 Å². The summed E-state index contributed by atoms with van der Waals surface area (Å²) >= 11 is 0. The zero-order valence-corrected chi connectivity index (χ0v) is 11.8. The number of nitrogens with zero attached hydrogens (tertiary/aromatic N) is 1. The summed E-state index contributed by atoms with van der Waals surface area (Å²) in [6.45, 7) is 2.80. The van der Waals surface area contributed by atoms with Gasteiger partial charge in [0, 0.05) is 12.6 Å². The summed E-state index contributed by atoms with van der Waals surface area (Å²) in [7, 11) is 0. The van der Waals surface area contributed by atoms with Gasteiger partial charge in [0.25, 0.3) is 0 Å². The van der Waals surface area contributed by atoms with Gasteiger partial charge in [0.15, 0.2) is 0 Å². The van der Waals surface area contributed by atoms with Crippen LogP contribution in [-0.4, -0.2) is 22.6 Å². The molecule has 1 aliphatic carbocycles. The maximum absolute atomic E-state index is 10.4. The lowest BCUT2D eigenvalue weighted by Gasteiger charge is -2.30. The fourth-order valence-corrected chi connectivity index (χ4v) is 2.70. The van der Waals surface area contributed by atoms with Gasteiger partial charge in [-0.25, -0.2) is 0 Å². The second kappa shape index (κ2) is 5.81. The fraction of sp³-hybridized carbons (Fsp3) is 0.412. The molecule has 1 aliphatic rings. The number of aliphatic hydroxyl groups is 1. The average Bonchev–Trinajstić information content (AvgIpc) is 3.18. The number of hydrogen-bond donors (Lipinski definition) is 1. The summed E-state index contributed by atoms with van der Waals surface area (Å²) < 4.78 is 5.52. The zero-order valence-electron chi connectivity index (χ0n) is 11.8. The summed E-state index contributed by atoms with van der Waals surface area (Å²) in [5, 5.41) is 10.4. The first kappa shape index (κ1) is 13.4. The molecule has 1 saturated carbocycles. The number of rotatable bonds is 6. The Bertz CT molecular complexity index is 519. The van der Waals surface area contributed by atoms with Crippen molar-refractivity contribution in [3.63, 3.8) is 0 Å². The molecule has 0 aliphatic heterocycles. The number of furan rings is 1. The second-order valence-electron chi connectivity index (χ2n) is 5.55. The van der Waals surface area contributed by atoms with Crippen molar-refractivity contribution in [3.05, 3.63) is 60.1 Å². The SMILES string of the molecule is CC(c1ccco1)N(CC(O)c1ccccc1)C1CC1. The molecule has 106 valence electrons. The molecule has 3 nitrogen and oxygen atoms in total. The third-order valence-corrected chi connectivity index (χ3v) is 4.04. The van der Waals surface area contributed by atoms with E-state index < -0.39 is 6.10 Å². The molecule has 0 amide bonds. The van der Waals surface area contributed by atoms with E-state index in [2.05, 4.69) is 11.8 Å². The van der Waals surface area contributed by atoms with E-state index in [-0.39, 0.29) is 6.04 Å². The first-order valence-electron chi connectivity index (χ1n) is 7.28. The van der Waals surface area contributed by atoms with E-state index in [9.17, 15) is 5.11 Å². The molecule has 2 atom stereocenters. The summed E-state index contributed by atoms with van der Waals surface area (Å²) in [6.07, 6.45) is 3.69. The Balaban J connectivity index is 1.72. The highest BCUT2D eigenvalue weighted by molar-refractivity contribution is 5.18. The Morgan fingerprint density at radius 3 is 2.55 bits per heavy atom. The van der Waals surface area contributed by atoms with Crippen LogP contribution in [0, 0.1) is 0 Å². The van der Waals surface area contributed by atoms with E-state index in [4.69, 9.17) is 4.42 Å². The first-order chi connectivity index (χ1) is 9.75. The van der Waals surface area contributed by atoms with Crippen molar-refractivity contribution in [2.75, 3.05) is 6.54 Å². The standard InChI is InChI=1S/C17H21NO2/c1-13(17-8-5-11-20-17)18(15-9-10-15)12-16(19)14-6-3-2-4-7-14/h2-8,11,13,15-16,19H,9-10,12H2,1H3. The maximum Gasteiger partial charge on any atom is 0.120 e. The Morgan fingerprint density at radius 2 is 1.95 bits per heavy atom. The molecule has 1 aromatic carbocycles. The van der Waals surface area contributed by atoms with Crippen LogP contribution in [0.1, 0.15) is 43.2 Å². The smallest absolute Gasteiger partial charge is 0.120 e. The maximum atomic E-state index is 10.4. The first-order valence-corrected chi connectivity index (χ1v) is 7.28. The highest BCUT2D eigenvalue weighted by Crippen LogP contribution is 2.35. The minimum atomic E-state index is -0.450. The van der Waals surface area contributed by atoms with E-state index >= 15 is 0 Å². The van der Waals surface area contributed by atoms with E-state index in [1.165, 1.54) is 12.8 Å². The quantitative estimate of drug-likeness (QED) is 0.873. The summed E-state index contributed by atoms with van der Waals surface area (Å²) in [4.78, 5) is 2.36. The third kappa shape index (κ3) is 2.94. The van der Waals surface area contributed by atoms with E-state index in [0.717, 1.165) is 11.3 Å². The van der Waals surface area contributed by atoms with Crippen LogP contribution in [0.5, 0.6) is 0 Å². The Morgan fingerprint density at radius 1 is 1.20 bits per heavy atom. The molecular formula is C17H21NO2. The minimum Gasteiger partial charge on any atom is -0.468 e. The molecular weight excluding hydrogens is 250 g/mol. The molecule has 1 fully saturated rings. The molecule has 2 unspecified atom stereocenters. The predicted octanol–water partition coefficient (Wildman–Crippen LogP) is 3.54. The fourth-order valence-electron chi connectivity index (χ4n) is 2.70. The number of hydrogen-bond acceptors (Lipinski definition) is 3. The minimum absolute atomic E-state index is 0.205. The van der Waals surface area contributed by atoms with Gasteiger partial charge in [0.2, 0.25) is 0 Å². The molecule has 1 N–H and O–H groups in total. The van der Waals surface area contributed by atoms with Gasteiger partial charge in [0.1, 0.15) is 5.76 Å². The highest BCUT2D eigenvalue weighted by atomic mass is 16.3. The van der Waals surface area contributed by atoms with Gasteiger partial charge in [-0.1, -0.05) is 30.3 Å². The molecule has 0 saturated heterocycles. The van der Waals surface area contributed by atoms with E-state index in [0.29, 0.717) is 12.6 Å². The normalized spacial score (nSPS) is 18.1. The Hall–Kier alpha value is -1.58. The lowest BCUT2D eigenvalue weighted by Crippen LogP contribution is -2.33. The van der Waals surface area contributed by atoms with Crippen LogP contribution in [0.3, 0.4) is 0 Å². The van der Waals surface area contributed by atoms with Gasteiger partial charge >= 0.3 is 0 Å². The zero-order chi connectivity index (χ0) is 13.9. The molecule has 0 radical (unpaired) electrons. The topological polar surface area (TPSA) is 36.6 Å². The van der Waals surface area contributed by atoms with Gasteiger partial charge in [-0.05, 0) is 37.5 Å². The average molecular weight is 271 g/mol. The van der Waals surface area contributed by atoms with Gasteiger partial charge in [-0.2, -0.15) is 0 Å². The van der Waals surface area contributed by atoms with E-state index in [1.54, 1.807) is 6.26 Å². The Kier molecular flexibility index (Phi) is 3.90. The molecule has 3 rings (SSSR count). The van der Waals surface area contributed by atoms with Crippen molar-refractivity contribution in [1.82, 2.24) is 4.90 Å². The van der Waals surface area contributed by atoms with Gasteiger partial charge in [-0.3, -0.25) is 4.90 Å². The van der Waals surface area contributed by atoms with Crippen molar-refractivity contribution < 1.29 is 9.52 Å². The van der Waals surface area contributed by atoms with Crippen molar-refractivity contribution in [2.45, 2.75) is 38.0 Å². The molecule has 1 aromatic heterocycles. The van der Waals surface area contributed by atoms with Crippen LogP contribution in [-0.2, 0) is 0 Å². The largest absolute Gasteiger partial charge is 0.468 e. The molecule has 0 bridgehead atoms. The monoisotopic (exact) mass is 271 g/mol. The van der Waals surface area contributed by atoms with Crippen LogP contribution in [0.25, 0.3) is 0 Å². The van der Waals surface area contributed by atoms with Crippen molar-refractivity contribution in [3.8, 4) is 0 Å². The predicted molar refractivity (Wildman–Crippen MR) is 78.3 cm³/mol. The van der Waals surface area contributed by atoms with E-state index in [1.807, 2.05) is 42.5 Å². The number of aliphatic hydroxyl groups excluding tert-OH is 1. The summed E-state index contributed by atoms with van der Waals surface area (Å²) in [5.74, 6) is 0.970. The van der Waals surface area contributed by atoms with Gasteiger partial charge in [-0.15, -0.1) is 0 Å². The molecule has 2 aromatic rings. The van der Waals surface area contributed by atoms with Crippen LogP contribution >= 0.6 is 0 Å². The van der Waals surface area contributed by atoms with Crippen LogP contribution in [0.2, 0.25) is 0 Å². The van der Waals surface area contributed by atoms with Crippen molar-refractivity contribution in [2.24, 2.45) is 0 Å². The van der Waals surface area contributed by atoms with Crippen LogP contribution in [0.4, 0.5) is 0 Å².